The van der Waals surface area contributed by atoms with Gasteiger partial charge in [-0.05, 0) is 66.9 Å². The van der Waals surface area contributed by atoms with E-state index in [0.29, 0.717) is 5.56 Å². The van der Waals surface area contributed by atoms with E-state index >= 15 is 0 Å². The molecule has 0 radical (unpaired) electrons. The summed E-state index contributed by atoms with van der Waals surface area (Å²) >= 11 is 0. The van der Waals surface area contributed by atoms with Gasteiger partial charge in [0.1, 0.15) is 10.8 Å². The number of rotatable bonds is 6. The number of hydrogen-bond acceptors (Lipinski definition) is 4. The second kappa shape index (κ2) is 9.79. The molecule has 0 saturated heterocycles. The summed E-state index contributed by atoms with van der Waals surface area (Å²) in [7, 11) is -1.76. The third-order valence-corrected chi connectivity index (χ3v) is 8.91. The number of nitrogens with zero attached hydrogens (tertiary/aromatic N) is 1. The summed E-state index contributed by atoms with van der Waals surface area (Å²) < 4.78 is 62.1. The number of nitrogens with one attached hydrogen (secondary N) is 2. The number of carbonyl (C=O) groups is 1. The summed E-state index contributed by atoms with van der Waals surface area (Å²) in [5.41, 5.74) is -0.739. The van der Waals surface area contributed by atoms with Crippen molar-refractivity contribution < 1.29 is 32.0 Å². The van der Waals surface area contributed by atoms with Crippen molar-refractivity contribution in [2.45, 2.75) is 36.9 Å². The number of methoxy groups -OCH3 is 1. The van der Waals surface area contributed by atoms with E-state index in [1.807, 2.05) is 6.07 Å². The zero-order valence-corrected chi connectivity index (χ0v) is 21.5. The van der Waals surface area contributed by atoms with Gasteiger partial charge >= 0.3 is 6.18 Å². The minimum absolute atomic E-state index is 0.0645. The first kappa shape index (κ1) is 27.2. The number of carbonyl (C=O) groups excluding carboxylic acids is 1. The van der Waals surface area contributed by atoms with E-state index in [9.17, 15) is 32.5 Å². The number of alkyl halides is 3. The largest absolute Gasteiger partial charge is 0.495 e. The highest BCUT2D eigenvalue weighted by atomic mass is 32.2. The molecule has 0 fully saturated rings. The monoisotopic (exact) mass is 543 g/mol. The number of halogens is 3. The molecule has 0 spiro atoms. The smallest absolute Gasteiger partial charge is 0.417 e. The lowest BCUT2D eigenvalue weighted by molar-refractivity contribution is -0.137. The van der Waals surface area contributed by atoms with E-state index in [4.69, 9.17) is 4.74 Å². The Hall–Kier alpha value is -3.85. The fourth-order valence-electron chi connectivity index (χ4n) is 4.30. The Labute approximate surface area is 218 Å². The van der Waals surface area contributed by atoms with Crippen LogP contribution in [0.5, 0.6) is 5.75 Å². The summed E-state index contributed by atoms with van der Waals surface area (Å²) in [4.78, 5) is 13.2. The SMILES string of the molecule is COc1cc(C(=O)Nc2ccc(-c3ccccc3C(F)(F)F)c(CC#N)c2)ccc1S1(=O)=C(O)C(C)(C)N1. The summed E-state index contributed by atoms with van der Waals surface area (Å²) in [6, 6.07) is 15.6. The number of ether oxygens (including phenoxy) is 1. The lowest BCUT2D eigenvalue weighted by Crippen LogP contribution is -2.63. The molecule has 1 heterocycles. The molecule has 11 heteroatoms. The maximum Gasteiger partial charge on any atom is 0.417 e. The lowest BCUT2D eigenvalue weighted by atomic mass is 9.93. The van der Waals surface area contributed by atoms with Crippen molar-refractivity contribution in [3.8, 4) is 22.9 Å². The molecule has 7 nitrogen and oxygen atoms in total. The number of benzene rings is 3. The van der Waals surface area contributed by atoms with Crippen LogP contribution in [0.25, 0.3) is 11.1 Å². The van der Waals surface area contributed by atoms with Crippen molar-refractivity contribution in [1.29, 1.82) is 5.26 Å². The highest BCUT2D eigenvalue weighted by Crippen LogP contribution is 2.39. The number of anilines is 1. The highest BCUT2D eigenvalue weighted by molar-refractivity contribution is 8.02. The van der Waals surface area contributed by atoms with Crippen LogP contribution in [0.1, 0.15) is 35.3 Å². The molecule has 3 aromatic rings. The molecule has 1 amide bonds. The first-order valence-electron chi connectivity index (χ1n) is 11.4. The Kier molecular flexibility index (Phi) is 7.01. The Morgan fingerprint density at radius 3 is 2.45 bits per heavy atom. The Morgan fingerprint density at radius 2 is 1.84 bits per heavy atom. The fourth-order valence-corrected chi connectivity index (χ4v) is 6.84. The van der Waals surface area contributed by atoms with Crippen LogP contribution in [-0.4, -0.2) is 32.9 Å². The maximum atomic E-state index is 13.6. The number of amides is 1. The van der Waals surface area contributed by atoms with Gasteiger partial charge < -0.3 is 15.2 Å². The van der Waals surface area contributed by atoms with Gasteiger partial charge in [0.2, 0.25) is 0 Å². The second-order valence-electron chi connectivity index (χ2n) is 9.16. The van der Waals surface area contributed by atoms with Gasteiger partial charge in [-0.1, -0.05) is 24.3 Å². The number of aliphatic hydroxyl groups excluding tert-OH is 1. The van der Waals surface area contributed by atoms with Gasteiger partial charge in [0.25, 0.3) is 5.91 Å². The Morgan fingerprint density at radius 1 is 1.13 bits per heavy atom. The molecule has 0 bridgehead atoms. The number of nitriles is 1. The van der Waals surface area contributed by atoms with E-state index in [1.165, 1.54) is 61.7 Å². The summed E-state index contributed by atoms with van der Waals surface area (Å²) in [6.45, 7) is 3.35. The molecule has 1 atom stereocenters. The predicted molar refractivity (Wildman–Crippen MR) is 138 cm³/mol. The molecular weight excluding hydrogens is 519 g/mol. The van der Waals surface area contributed by atoms with Crippen LogP contribution in [0.4, 0.5) is 18.9 Å². The van der Waals surface area contributed by atoms with Crippen molar-refractivity contribution in [1.82, 2.24) is 4.72 Å². The zero-order chi connectivity index (χ0) is 27.9. The zero-order valence-electron chi connectivity index (χ0n) is 20.6. The number of aliphatic hydroxyl groups is 1. The Bertz CT molecular complexity index is 1600. The molecule has 38 heavy (non-hydrogen) atoms. The molecule has 198 valence electrons. The first-order valence-corrected chi connectivity index (χ1v) is 12.9. The van der Waals surface area contributed by atoms with Crippen LogP contribution in [-0.2, 0) is 22.3 Å². The van der Waals surface area contributed by atoms with Gasteiger partial charge in [-0.2, -0.15) is 18.4 Å². The minimum atomic E-state index is -4.58. The van der Waals surface area contributed by atoms with Crippen molar-refractivity contribution in [2.75, 3.05) is 12.4 Å². The van der Waals surface area contributed by atoms with E-state index in [-0.39, 0.29) is 44.5 Å². The summed E-state index contributed by atoms with van der Waals surface area (Å²) in [5, 5.41) is 22.1. The molecule has 0 aromatic heterocycles. The maximum absolute atomic E-state index is 13.6. The van der Waals surface area contributed by atoms with Crippen molar-refractivity contribution in [3.05, 3.63) is 77.4 Å². The third-order valence-electron chi connectivity index (χ3n) is 6.10. The second-order valence-corrected chi connectivity index (χ2v) is 11.3. The summed E-state index contributed by atoms with van der Waals surface area (Å²) in [6.07, 6.45) is -4.76. The molecule has 3 aromatic carbocycles. The summed E-state index contributed by atoms with van der Waals surface area (Å²) in [5.74, 6) is -0.437. The van der Waals surface area contributed by atoms with Crippen LogP contribution >= 0.6 is 0 Å². The van der Waals surface area contributed by atoms with Crippen LogP contribution < -0.4 is 14.8 Å². The molecule has 0 saturated carbocycles. The molecule has 1 aliphatic rings. The van der Waals surface area contributed by atoms with Crippen LogP contribution in [0.3, 0.4) is 0 Å². The average Bonchev–Trinajstić information content (AvgIpc) is 2.87. The molecule has 4 rings (SSSR count). The fraction of sp³-hybridized carbons (Fsp3) is 0.222. The molecule has 1 aliphatic heterocycles. The van der Waals surface area contributed by atoms with Gasteiger partial charge in [-0.25, -0.2) is 8.93 Å². The minimum Gasteiger partial charge on any atom is -0.495 e. The standard InChI is InChI=1S/C27H24F3N3O4S/c1-26(2)25(35)38(36,33-26)23-11-8-17(15-22(23)37-3)24(34)32-18-9-10-19(16(14-18)12-13-31)20-6-4-5-7-21(20)27(28,29)30/h4-11,14-15,35H,12H2,1-3H3,(H,32,34)(H,33,36). The van der Waals surface area contributed by atoms with Crippen LogP contribution in [0.2, 0.25) is 0 Å². The van der Waals surface area contributed by atoms with Gasteiger partial charge in [-0.3, -0.25) is 4.79 Å². The van der Waals surface area contributed by atoms with Crippen LogP contribution in [0.15, 0.2) is 65.6 Å². The predicted octanol–water partition coefficient (Wildman–Crippen LogP) is 5.33. The topological polar surface area (TPSA) is 111 Å². The molecular formula is C27H24F3N3O4S. The molecule has 3 N–H and O–H groups in total. The van der Waals surface area contributed by atoms with Crippen molar-refractivity contribution in [2.24, 2.45) is 0 Å². The van der Waals surface area contributed by atoms with Crippen LogP contribution in [0, 0.1) is 11.3 Å². The molecule has 1 unspecified atom stereocenters. The van der Waals surface area contributed by atoms with E-state index in [2.05, 4.69) is 10.0 Å². The van der Waals surface area contributed by atoms with Gasteiger partial charge in [0, 0.05) is 11.3 Å². The van der Waals surface area contributed by atoms with Gasteiger partial charge in [-0.15, -0.1) is 0 Å². The molecule has 0 aliphatic carbocycles. The van der Waals surface area contributed by atoms with E-state index in [1.54, 1.807) is 13.8 Å². The van der Waals surface area contributed by atoms with Gasteiger partial charge in [0.15, 0.2) is 0 Å². The van der Waals surface area contributed by atoms with E-state index in [0.717, 1.165) is 6.07 Å². The number of hydrogen-bond donors (Lipinski definition) is 3. The van der Waals surface area contributed by atoms with Crippen molar-refractivity contribution >= 4 is 26.4 Å². The average molecular weight is 544 g/mol. The van der Waals surface area contributed by atoms with Crippen molar-refractivity contribution in [3.63, 3.8) is 0 Å². The quantitative estimate of drug-likeness (QED) is 0.364. The van der Waals surface area contributed by atoms with E-state index < -0.39 is 32.9 Å². The normalized spacial score (nSPS) is 18.3. The third kappa shape index (κ3) is 4.86. The lowest BCUT2D eigenvalue weighted by Gasteiger charge is -2.39. The highest BCUT2D eigenvalue weighted by Gasteiger charge is 2.43. The van der Waals surface area contributed by atoms with Gasteiger partial charge in [0.05, 0.1) is 45.3 Å². The Balaban J connectivity index is 1.66. The first-order chi connectivity index (χ1) is 17.8.